The lowest BCUT2D eigenvalue weighted by Gasteiger charge is -2.11. The van der Waals surface area contributed by atoms with Crippen LogP contribution in [0.2, 0.25) is 0 Å². The van der Waals surface area contributed by atoms with Gasteiger partial charge >= 0.3 is 0 Å². The molecule has 2 nitrogen and oxygen atoms in total. The van der Waals surface area contributed by atoms with Crippen molar-refractivity contribution in [2.75, 3.05) is 6.54 Å². The fraction of sp³-hybridized carbons (Fsp3) is 0.250. The Morgan fingerprint density at radius 1 is 1.10 bits per heavy atom. The van der Waals surface area contributed by atoms with Gasteiger partial charge in [-0.05, 0) is 42.8 Å². The fourth-order valence-corrected chi connectivity index (χ4v) is 1.89. The maximum absolute atomic E-state index is 13.9. The summed E-state index contributed by atoms with van der Waals surface area (Å²) < 4.78 is 46.8. The van der Waals surface area contributed by atoms with E-state index in [-0.39, 0.29) is 5.75 Å². The summed E-state index contributed by atoms with van der Waals surface area (Å²) in [6, 6.07) is 6.79. The Bertz CT molecular complexity index is 620. The summed E-state index contributed by atoms with van der Waals surface area (Å²) in [5.74, 6) is -3.15. The predicted octanol–water partition coefficient (Wildman–Crippen LogP) is 4.31. The van der Waals surface area contributed by atoms with E-state index >= 15 is 0 Å². The minimum absolute atomic E-state index is 0.202. The Kier molecular flexibility index (Phi) is 4.85. The van der Waals surface area contributed by atoms with Crippen molar-refractivity contribution in [3.05, 3.63) is 58.9 Å². The second kappa shape index (κ2) is 6.63. The molecular formula is C16H16F3NO. The van der Waals surface area contributed by atoms with Crippen molar-refractivity contribution in [2.24, 2.45) is 0 Å². The van der Waals surface area contributed by atoms with Crippen molar-refractivity contribution >= 4 is 0 Å². The van der Waals surface area contributed by atoms with Crippen LogP contribution in [-0.2, 0) is 6.54 Å². The summed E-state index contributed by atoms with van der Waals surface area (Å²) in [7, 11) is 0. The summed E-state index contributed by atoms with van der Waals surface area (Å²) in [6.07, 6.45) is 0. The zero-order chi connectivity index (χ0) is 15.4. The number of ether oxygens (including phenoxy) is 1. The van der Waals surface area contributed by atoms with E-state index < -0.39 is 23.2 Å². The molecule has 0 saturated carbocycles. The molecule has 0 fully saturated rings. The summed E-state index contributed by atoms with van der Waals surface area (Å²) in [5.41, 5.74) is 0.806. The van der Waals surface area contributed by atoms with Gasteiger partial charge in [0.25, 0.3) is 0 Å². The lowest BCUT2D eigenvalue weighted by Crippen LogP contribution is -2.12. The quantitative estimate of drug-likeness (QED) is 0.887. The third-order valence-corrected chi connectivity index (χ3v) is 3.01. The number of hydrogen-bond acceptors (Lipinski definition) is 2. The molecule has 0 spiro atoms. The van der Waals surface area contributed by atoms with Crippen molar-refractivity contribution in [1.29, 1.82) is 0 Å². The molecule has 0 aromatic heterocycles. The SMILES string of the molecule is CCNCc1cc(F)c(Oc2cccc(C)c2F)c(F)c1. The van der Waals surface area contributed by atoms with Crippen molar-refractivity contribution in [2.45, 2.75) is 20.4 Å². The molecule has 2 rings (SSSR count). The molecule has 5 heteroatoms. The van der Waals surface area contributed by atoms with Crippen molar-refractivity contribution < 1.29 is 17.9 Å². The molecule has 0 amide bonds. The first kappa shape index (κ1) is 15.4. The van der Waals surface area contributed by atoms with Gasteiger partial charge in [-0.15, -0.1) is 0 Å². The Hall–Kier alpha value is -2.01. The number of halogens is 3. The first-order chi connectivity index (χ1) is 10.0. The molecule has 0 aliphatic heterocycles. The predicted molar refractivity (Wildman–Crippen MR) is 74.9 cm³/mol. The first-order valence-electron chi connectivity index (χ1n) is 6.64. The van der Waals surface area contributed by atoms with E-state index in [0.29, 0.717) is 24.2 Å². The molecule has 0 atom stereocenters. The molecule has 0 radical (unpaired) electrons. The van der Waals surface area contributed by atoms with E-state index in [0.717, 1.165) is 0 Å². The second-order valence-electron chi connectivity index (χ2n) is 4.66. The molecule has 0 saturated heterocycles. The van der Waals surface area contributed by atoms with Gasteiger partial charge < -0.3 is 10.1 Å². The number of nitrogens with one attached hydrogen (secondary N) is 1. The van der Waals surface area contributed by atoms with Gasteiger partial charge in [0.15, 0.2) is 29.0 Å². The third-order valence-electron chi connectivity index (χ3n) is 3.01. The van der Waals surface area contributed by atoms with E-state index in [9.17, 15) is 13.2 Å². The van der Waals surface area contributed by atoms with Gasteiger partial charge in [0.2, 0.25) is 0 Å². The van der Waals surface area contributed by atoms with Gasteiger partial charge in [-0.3, -0.25) is 0 Å². The van der Waals surface area contributed by atoms with Crippen LogP contribution in [-0.4, -0.2) is 6.54 Å². The molecule has 0 unspecified atom stereocenters. The van der Waals surface area contributed by atoms with E-state index in [2.05, 4.69) is 5.32 Å². The van der Waals surface area contributed by atoms with Crippen molar-refractivity contribution in [3.8, 4) is 11.5 Å². The van der Waals surface area contributed by atoms with Gasteiger partial charge in [0.1, 0.15) is 0 Å². The summed E-state index contributed by atoms with van der Waals surface area (Å²) in [5, 5.41) is 2.97. The van der Waals surface area contributed by atoms with Crippen LogP contribution in [0.1, 0.15) is 18.1 Å². The van der Waals surface area contributed by atoms with Gasteiger partial charge in [-0.25, -0.2) is 13.2 Å². The van der Waals surface area contributed by atoms with Crippen LogP contribution >= 0.6 is 0 Å². The standard InChI is InChI=1S/C16H16F3NO/c1-3-20-9-11-7-12(17)16(13(18)8-11)21-14-6-4-5-10(2)15(14)19/h4-8,20H,3,9H2,1-2H3. The minimum Gasteiger partial charge on any atom is -0.448 e. The second-order valence-corrected chi connectivity index (χ2v) is 4.66. The van der Waals surface area contributed by atoms with Crippen LogP contribution in [0.5, 0.6) is 11.5 Å². The minimum atomic E-state index is -0.858. The summed E-state index contributed by atoms with van der Waals surface area (Å²) >= 11 is 0. The van der Waals surface area contributed by atoms with E-state index in [1.807, 2.05) is 6.92 Å². The third kappa shape index (κ3) is 3.55. The zero-order valence-electron chi connectivity index (χ0n) is 11.8. The molecular weight excluding hydrogens is 279 g/mol. The van der Waals surface area contributed by atoms with E-state index in [1.54, 1.807) is 19.1 Å². The van der Waals surface area contributed by atoms with E-state index in [1.165, 1.54) is 18.2 Å². The highest BCUT2D eigenvalue weighted by molar-refractivity contribution is 5.38. The van der Waals surface area contributed by atoms with Crippen LogP contribution < -0.4 is 10.1 Å². The normalized spacial score (nSPS) is 10.7. The summed E-state index contributed by atoms with van der Waals surface area (Å²) in [4.78, 5) is 0. The highest BCUT2D eigenvalue weighted by Crippen LogP contribution is 2.31. The van der Waals surface area contributed by atoms with Crippen LogP contribution in [0.3, 0.4) is 0 Å². The van der Waals surface area contributed by atoms with Crippen LogP contribution in [0.15, 0.2) is 30.3 Å². The first-order valence-corrected chi connectivity index (χ1v) is 6.64. The average Bonchev–Trinajstić information content (AvgIpc) is 2.45. The summed E-state index contributed by atoms with van der Waals surface area (Å²) in [6.45, 7) is 4.48. The molecule has 0 heterocycles. The van der Waals surface area contributed by atoms with Gasteiger partial charge in [-0.1, -0.05) is 19.1 Å². The molecule has 2 aromatic carbocycles. The van der Waals surface area contributed by atoms with Crippen LogP contribution in [0, 0.1) is 24.4 Å². The Morgan fingerprint density at radius 3 is 2.38 bits per heavy atom. The Balaban J connectivity index is 2.30. The van der Waals surface area contributed by atoms with Crippen molar-refractivity contribution in [1.82, 2.24) is 5.32 Å². The van der Waals surface area contributed by atoms with Crippen LogP contribution in [0.4, 0.5) is 13.2 Å². The Morgan fingerprint density at radius 2 is 1.76 bits per heavy atom. The molecule has 0 aliphatic carbocycles. The average molecular weight is 295 g/mol. The topological polar surface area (TPSA) is 21.3 Å². The fourth-order valence-electron chi connectivity index (χ4n) is 1.89. The number of hydrogen-bond donors (Lipinski definition) is 1. The van der Waals surface area contributed by atoms with Crippen molar-refractivity contribution in [3.63, 3.8) is 0 Å². The number of benzene rings is 2. The lowest BCUT2D eigenvalue weighted by molar-refractivity contribution is 0.385. The van der Waals surface area contributed by atoms with Gasteiger partial charge in [0.05, 0.1) is 0 Å². The largest absolute Gasteiger partial charge is 0.448 e. The maximum Gasteiger partial charge on any atom is 0.198 e. The highest BCUT2D eigenvalue weighted by Gasteiger charge is 2.16. The zero-order valence-corrected chi connectivity index (χ0v) is 11.8. The van der Waals surface area contributed by atoms with E-state index in [4.69, 9.17) is 4.74 Å². The molecule has 0 bridgehead atoms. The lowest BCUT2D eigenvalue weighted by atomic mass is 10.2. The number of rotatable bonds is 5. The smallest absolute Gasteiger partial charge is 0.198 e. The van der Waals surface area contributed by atoms with Crippen LogP contribution in [0.25, 0.3) is 0 Å². The molecule has 1 N–H and O–H groups in total. The molecule has 21 heavy (non-hydrogen) atoms. The highest BCUT2D eigenvalue weighted by atomic mass is 19.1. The Labute approximate surface area is 121 Å². The maximum atomic E-state index is 13.9. The monoisotopic (exact) mass is 295 g/mol. The number of aryl methyl sites for hydroxylation is 1. The molecule has 2 aromatic rings. The van der Waals surface area contributed by atoms with Gasteiger partial charge in [0, 0.05) is 6.54 Å². The van der Waals surface area contributed by atoms with Gasteiger partial charge in [-0.2, -0.15) is 0 Å². The molecule has 0 aliphatic rings. The molecule has 112 valence electrons.